The topological polar surface area (TPSA) is 71.2 Å². The van der Waals surface area contributed by atoms with E-state index < -0.39 is 0 Å². The first kappa shape index (κ1) is 13.3. The predicted molar refractivity (Wildman–Crippen MR) is 78.6 cm³/mol. The number of benzene rings is 2. The van der Waals surface area contributed by atoms with Crippen LogP contribution in [0.5, 0.6) is 5.75 Å². The van der Waals surface area contributed by atoms with Crippen molar-refractivity contribution in [2.24, 2.45) is 0 Å². The predicted octanol–water partition coefficient (Wildman–Crippen LogP) is 2.19. The number of aliphatic hydroxyl groups excluding tert-OH is 1. The van der Waals surface area contributed by atoms with Gasteiger partial charge in [0.25, 0.3) is 0 Å². The number of aromatic nitrogens is 3. The SMILES string of the molecule is OCc1ccc(-c2cn(Cc3ccccc3O)nn2)cc1. The lowest BCUT2D eigenvalue weighted by molar-refractivity contribution is 0.282. The third kappa shape index (κ3) is 2.93. The fourth-order valence-corrected chi connectivity index (χ4v) is 2.11. The Morgan fingerprint density at radius 2 is 1.76 bits per heavy atom. The molecule has 0 amide bonds. The lowest BCUT2D eigenvalue weighted by Crippen LogP contribution is -2.00. The number of aliphatic hydroxyl groups is 1. The fraction of sp³-hybridized carbons (Fsp3) is 0.125. The summed E-state index contributed by atoms with van der Waals surface area (Å²) in [6.45, 7) is 0.495. The number of aromatic hydroxyl groups is 1. The van der Waals surface area contributed by atoms with Gasteiger partial charge >= 0.3 is 0 Å². The monoisotopic (exact) mass is 281 g/mol. The van der Waals surface area contributed by atoms with Crippen molar-refractivity contribution in [2.45, 2.75) is 13.2 Å². The van der Waals surface area contributed by atoms with Gasteiger partial charge in [-0.05, 0) is 11.6 Å². The molecule has 0 aliphatic heterocycles. The van der Waals surface area contributed by atoms with Crippen molar-refractivity contribution in [1.29, 1.82) is 0 Å². The highest BCUT2D eigenvalue weighted by atomic mass is 16.3. The zero-order valence-corrected chi connectivity index (χ0v) is 11.3. The van der Waals surface area contributed by atoms with Crippen LogP contribution in [0.2, 0.25) is 0 Å². The van der Waals surface area contributed by atoms with E-state index in [0.717, 1.165) is 22.4 Å². The molecule has 21 heavy (non-hydrogen) atoms. The lowest BCUT2D eigenvalue weighted by atomic mass is 10.1. The highest BCUT2D eigenvalue weighted by molar-refractivity contribution is 5.58. The molecule has 0 aliphatic rings. The minimum absolute atomic E-state index is 0.0280. The minimum atomic E-state index is 0.0280. The van der Waals surface area contributed by atoms with Gasteiger partial charge < -0.3 is 10.2 Å². The Morgan fingerprint density at radius 3 is 2.48 bits per heavy atom. The maximum absolute atomic E-state index is 9.77. The molecular formula is C16H15N3O2. The summed E-state index contributed by atoms with van der Waals surface area (Å²) < 4.78 is 1.68. The summed E-state index contributed by atoms with van der Waals surface area (Å²) in [5.74, 6) is 0.252. The van der Waals surface area contributed by atoms with Gasteiger partial charge in [-0.2, -0.15) is 0 Å². The summed E-state index contributed by atoms with van der Waals surface area (Å²) >= 11 is 0. The van der Waals surface area contributed by atoms with E-state index in [1.54, 1.807) is 16.8 Å². The maximum Gasteiger partial charge on any atom is 0.120 e. The van der Waals surface area contributed by atoms with Gasteiger partial charge in [0, 0.05) is 11.1 Å². The van der Waals surface area contributed by atoms with Crippen molar-refractivity contribution in [3.05, 3.63) is 65.9 Å². The number of hydrogen-bond donors (Lipinski definition) is 2. The average molecular weight is 281 g/mol. The normalized spacial score (nSPS) is 10.7. The molecule has 1 heterocycles. The van der Waals surface area contributed by atoms with Crippen molar-refractivity contribution in [3.63, 3.8) is 0 Å². The Labute approximate surface area is 122 Å². The van der Waals surface area contributed by atoms with Crippen molar-refractivity contribution >= 4 is 0 Å². The minimum Gasteiger partial charge on any atom is -0.508 e. The molecule has 2 aromatic carbocycles. The van der Waals surface area contributed by atoms with Crippen LogP contribution in [0.25, 0.3) is 11.3 Å². The molecule has 106 valence electrons. The Bertz CT molecular complexity index is 735. The van der Waals surface area contributed by atoms with Crippen LogP contribution in [0.4, 0.5) is 0 Å². The van der Waals surface area contributed by atoms with E-state index in [-0.39, 0.29) is 12.4 Å². The second kappa shape index (κ2) is 5.76. The first-order valence-corrected chi connectivity index (χ1v) is 6.63. The summed E-state index contributed by atoms with van der Waals surface area (Å²) in [5, 5.41) is 27.0. The van der Waals surface area contributed by atoms with Crippen LogP contribution in [0.1, 0.15) is 11.1 Å². The van der Waals surface area contributed by atoms with E-state index in [4.69, 9.17) is 5.11 Å². The molecule has 0 unspecified atom stereocenters. The van der Waals surface area contributed by atoms with Gasteiger partial charge in [0.2, 0.25) is 0 Å². The molecule has 0 aliphatic carbocycles. The van der Waals surface area contributed by atoms with E-state index in [1.165, 1.54) is 0 Å². The van der Waals surface area contributed by atoms with Crippen LogP contribution in [-0.4, -0.2) is 25.2 Å². The number of rotatable bonds is 4. The summed E-state index contributed by atoms with van der Waals surface area (Å²) in [5.41, 5.74) is 3.36. The fourth-order valence-electron chi connectivity index (χ4n) is 2.11. The van der Waals surface area contributed by atoms with Crippen LogP contribution in [0.15, 0.2) is 54.7 Å². The Hall–Kier alpha value is -2.66. The number of phenols is 1. The van der Waals surface area contributed by atoms with Crippen LogP contribution in [0, 0.1) is 0 Å². The average Bonchev–Trinajstić information content (AvgIpc) is 2.98. The summed E-state index contributed by atoms with van der Waals surface area (Å²) in [6.07, 6.45) is 1.83. The lowest BCUT2D eigenvalue weighted by Gasteiger charge is -2.03. The van der Waals surface area contributed by atoms with Gasteiger partial charge in [-0.15, -0.1) is 5.10 Å². The highest BCUT2D eigenvalue weighted by Crippen LogP contribution is 2.19. The molecule has 3 aromatic rings. The number of hydrogen-bond acceptors (Lipinski definition) is 4. The molecule has 0 bridgehead atoms. The van der Waals surface area contributed by atoms with E-state index in [0.29, 0.717) is 6.54 Å². The summed E-state index contributed by atoms with van der Waals surface area (Å²) in [7, 11) is 0. The number of para-hydroxylation sites is 1. The molecule has 0 radical (unpaired) electrons. The van der Waals surface area contributed by atoms with Crippen molar-refractivity contribution in [2.75, 3.05) is 0 Å². The molecule has 0 saturated heterocycles. The second-order valence-corrected chi connectivity index (χ2v) is 4.79. The third-order valence-electron chi connectivity index (χ3n) is 3.29. The molecule has 2 N–H and O–H groups in total. The quantitative estimate of drug-likeness (QED) is 0.769. The second-order valence-electron chi connectivity index (χ2n) is 4.79. The van der Waals surface area contributed by atoms with E-state index in [9.17, 15) is 5.11 Å². The van der Waals surface area contributed by atoms with Gasteiger partial charge in [-0.3, -0.25) is 0 Å². The standard InChI is InChI=1S/C16H15N3O2/c20-11-12-5-7-13(8-6-12)15-10-19(18-17-15)9-14-3-1-2-4-16(14)21/h1-8,10,20-21H,9,11H2. The van der Waals surface area contributed by atoms with Crippen LogP contribution >= 0.6 is 0 Å². The number of nitrogens with zero attached hydrogens (tertiary/aromatic N) is 3. The van der Waals surface area contributed by atoms with Gasteiger partial charge in [0.05, 0.1) is 19.3 Å². The first-order chi connectivity index (χ1) is 10.3. The maximum atomic E-state index is 9.77. The highest BCUT2D eigenvalue weighted by Gasteiger charge is 2.06. The summed E-state index contributed by atoms with van der Waals surface area (Å²) in [6, 6.07) is 14.7. The molecule has 3 rings (SSSR count). The first-order valence-electron chi connectivity index (χ1n) is 6.63. The van der Waals surface area contributed by atoms with E-state index >= 15 is 0 Å². The molecule has 0 saturated carbocycles. The molecule has 0 spiro atoms. The molecule has 0 atom stereocenters. The van der Waals surface area contributed by atoms with Crippen molar-refractivity contribution in [1.82, 2.24) is 15.0 Å². The van der Waals surface area contributed by atoms with Gasteiger partial charge in [-0.25, -0.2) is 4.68 Å². The zero-order chi connectivity index (χ0) is 14.7. The molecular weight excluding hydrogens is 266 g/mol. The van der Waals surface area contributed by atoms with Crippen molar-refractivity contribution < 1.29 is 10.2 Å². The molecule has 5 heteroatoms. The molecule has 5 nitrogen and oxygen atoms in total. The Morgan fingerprint density at radius 1 is 1.00 bits per heavy atom. The van der Waals surface area contributed by atoms with Gasteiger partial charge in [0.1, 0.15) is 11.4 Å². The largest absolute Gasteiger partial charge is 0.508 e. The Kier molecular flexibility index (Phi) is 3.66. The zero-order valence-electron chi connectivity index (χ0n) is 11.3. The Balaban J connectivity index is 1.81. The van der Waals surface area contributed by atoms with Gasteiger partial charge in [0.15, 0.2) is 0 Å². The van der Waals surface area contributed by atoms with E-state index in [2.05, 4.69) is 10.3 Å². The number of phenolic OH excluding ortho intramolecular Hbond substituents is 1. The summed E-state index contributed by atoms with van der Waals surface area (Å²) in [4.78, 5) is 0. The molecule has 0 fully saturated rings. The van der Waals surface area contributed by atoms with Crippen LogP contribution in [-0.2, 0) is 13.2 Å². The van der Waals surface area contributed by atoms with Gasteiger partial charge in [-0.1, -0.05) is 47.7 Å². The van der Waals surface area contributed by atoms with Crippen LogP contribution < -0.4 is 0 Å². The van der Waals surface area contributed by atoms with Crippen LogP contribution in [0.3, 0.4) is 0 Å². The van der Waals surface area contributed by atoms with E-state index in [1.807, 2.05) is 42.6 Å². The molecule has 1 aromatic heterocycles. The van der Waals surface area contributed by atoms with Crippen molar-refractivity contribution in [3.8, 4) is 17.0 Å². The third-order valence-corrected chi connectivity index (χ3v) is 3.29. The smallest absolute Gasteiger partial charge is 0.120 e.